The Balaban J connectivity index is 1.76. The average Bonchev–Trinajstić information content (AvgIpc) is 3.35. The van der Waals surface area contributed by atoms with Crippen molar-refractivity contribution in [2.75, 3.05) is 12.0 Å². The molecule has 0 aliphatic carbocycles. The van der Waals surface area contributed by atoms with Crippen LogP contribution >= 0.6 is 27.3 Å². The lowest BCUT2D eigenvalue weighted by atomic mass is 9.98. The molecule has 0 bridgehead atoms. The summed E-state index contributed by atoms with van der Waals surface area (Å²) in [5.74, 6) is -0.903. The molecule has 1 aliphatic rings. The maximum atomic E-state index is 13.6. The number of fused-ring (bicyclic) bond motifs is 2. The molecule has 1 atom stereocenters. The first kappa shape index (κ1) is 20.6. The van der Waals surface area contributed by atoms with Crippen molar-refractivity contribution in [2.45, 2.75) is 13.0 Å². The molecule has 7 nitrogen and oxygen atoms in total. The van der Waals surface area contributed by atoms with Crippen LogP contribution in [0.15, 0.2) is 61.5 Å². The fourth-order valence-electron chi connectivity index (χ4n) is 3.83. The standard InChI is InChI=1S/C23H15BrN2O5S/c1-11-10-32-23(25-11)26-18(12-3-5-13(6-4-12)22(29)30-2)17-19(27)15-9-14(24)7-8-16(15)31-20(17)21(26)28/h3-10,18H,1-2H3. The Morgan fingerprint density at radius 2 is 1.94 bits per heavy atom. The summed E-state index contributed by atoms with van der Waals surface area (Å²) < 4.78 is 11.4. The number of rotatable bonds is 3. The van der Waals surface area contributed by atoms with E-state index in [1.165, 1.54) is 23.3 Å². The molecule has 0 N–H and O–H groups in total. The average molecular weight is 511 g/mol. The van der Waals surface area contributed by atoms with Gasteiger partial charge in [-0.05, 0) is 42.8 Å². The van der Waals surface area contributed by atoms with Gasteiger partial charge in [-0.15, -0.1) is 11.3 Å². The molecule has 32 heavy (non-hydrogen) atoms. The normalized spacial score (nSPS) is 15.3. The van der Waals surface area contributed by atoms with Crippen molar-refractivity contribution in [2.24, 2.45) is 0 Å². The van der Waals surface area contributed by atoms with Gasteiger partial charge in [-0.2, -0.15) is 0 Å². The van der Waals surface area contributed by atoms with Crippen LogP contribution in [0.3, 0.4) is 0 Å². The van der Waals surface area contributed by atoms with Crippen LogP contribution in [0, 0.1) is 6.92 Å². The Labute approximate surface area is 194 Å². The van der Waals surface area contributed by atoms with Crippen molar-refractivity contribution in [1.82, 2.24) is 4.98 Å². The SMILES string of the molecule is COC(=O)c1ccc(C2c3c(oc4ccc(Br)cc4c3=O)C(=O)N2c2nc(C)cs2)cc1. The van der Waals surface area contributed by atoms with E-state index in [-0.39, 0.29) is 16.8 Å². The number of ether oxygens (including phenoxy) is 1. The topological polar surface area (TPSA) is 89.7 Å². The zero-order valence-electron chi connectivity index (χ0n) is 16.9. The predicted molar refractivity (Wildman–Crippen MR) is 123 cm³/mol. The van der Waals surface area contributed by atoms with E-state index in [9.17, 15) is 14.4 Å². The van der Waals surface area contributed by atoms with Gasteiger partial charge in [0.2, 0.25) is 5.76 Å². The number of carbonyl (C=O) groups is 2. The minimum atomic E-state index is -0.741. The van der Waals surface area contributed by atoms with E-state index in [2.05, 4.69) is 20.9 Å². The summed E-state index contributed by atoms with van der Waals surface area (Å²) in [7, 11) is 1.31. The van der Waals surface area contributed by atoms with E-state index in [0.717, 1.165) is 10.2 Å². The zero-order valence-corrected chi connectivity index (χ0v) is 19.3. The first-order chi connectivity index (χ1) is 15.4. The second-order valence-corrected chi connectivity index (χ2v) is 9.03. The van der Waals surface area contributed by atoms with Gasteiger partial charge in [0.05, 0.1) is 35.4 Å². The number of hydrogen-bond acceptors (Lipinski definition) is 7. The van der Waals surface area contributed by atoms with Gasteiger partial charge in [0.15, 0.2) is 10.6 Å². The van der Waals surface area contributed by atoms with Gasteiger partial charge in [-0.3, -0.25) is 14.5 Å². The molecule has 0 saturated heterocycles. The fraction of sp³-hybridized carbons (Fsp3) is 0.130. The van der Waals surface area contributed by atoms with Gasteiger partial charge < -0.3 is 9.15 Å². The number of aromatic nitrogens is 1. The van der Waals surface area contributed by atoms with E-state index >= 15 is 0 Å². The molecule has 0 radical (unpaired) electrons. The molecule has 0 saturated carbocycles. The summed E-state index contributed by atoms with van der Waals surface area (Å²) in [5.41, 5.74) is 2.09. The largest absolute Gasteiger partial charge is 0.465 e. The predicted octanol–water partition coefficient (Wildman–Crippen LogP) is 4.86. The van der Waals surface area contributed by atoms with Crippen molar-refractivity contribution in [3.63, 3.8) is 0 Å². The molecular formula is C23H15BrN2O5S. The molecule has 3 heterocycles. The molecule has 4 aromatic rings. The highest BCUT2D eigenvalue weighted by atomic mass is 79.9. The summed E-state index contributed by atoms with van der Waals surface area (Å²) >= 11 is 4.70. The number of amides is 1. The molecule has 160 valence electrons. The Hall–Kier alpha value is -3.30. The second-order valence-electron chi connectivity index (χ2n) is 7.28. The Morgan fingerprint density at radius 1 is 1.19 bits per heavy atom. The summed E-state index contributed by atoms with van der Waals surface area (Å²) in [5, 5.41) is 2.68. The fourth-order valence-corrected chi connectivity index (χ4v) is 5.02. The molecule has 1 amide bonds. The maximum absolute atomic E-state index is 13.6. The maximum Gasteiger partial charge on any atom is 0.337 e. The number of benzene rings is 2. The van der Waals surface area contributed by atoms with Crippen LogP contribution in [0.4, 0.5) is 5.13 Å². The van der Waals surface area contributed by atoms with Crippen LogP contribution in [0.5, 0.6) is 0 Å². The first-order valence-corrected chi connectivity index (χ1v) is 11.3. The van der Waals surface area contributed by atoms with E-state index < -0.39 is 17.9 Å². The highest BCUT2D eigenvalue weighted by Crippen LogP contribution is 2.42. The zero-order chi connectivity index (χ0) is 22.6. The van der Waals surface area contributed by atoms with Crippen molar-refractivity contribution >= 4 is 55.2 Å². The molecule has 1 unspecified atom stereocenters. The minimum absolute atomic E-state index is 0.000259. The summed E-state index contributed by atoms with van der Waals surface area (Å²) in [6.45, 7) is 1.84. The molecule has 0 spiro atoms. The van der Waals surface area contributed by atoms with E-state index in [4.69, 9.17) is 9.15 Å². The van der Waals surface area contributed by atoms with Crippen molar-refractivity contribution in [3.8, 4) is 0 Å². The lowest BCUT2D eigenvalue weighted by molar-refractivity contribution is 0.0600. The lowest BCUT2D eigenvalue weighted by Crippen LogP contribution is -2.29. The lowest BCUT2D eigenvalue weighted by Gasteiger charge is -2.22. The molecule has 9 heteroatoms. The Bertz CT molecular complexity index is 1460. The number of halogens is 1. The van der Waals surface area contributed by atoms with Gasteiger partial charge in [-0.25, -0.2) is 9.78 Å². The van der Waals surface area contributed by atoms with Gasteiger partial charge in [0.25, 0.3) is 5.91 Å². The van der Waals surface area contributed by atoms with Crippen LogP contribution in [-0.2, 0) is 4.74 Å². The molecule has 0 fully saturated rings. The van der Waals surface area contributed by atoms with Crippen molar-refractivity contribution < 1.29 is 18.7 Å². The molecule has 2 aromatic carbocycles. The number of carbonyl (C=O) groups excluding carboxylic acids is 2. The summed E-state index contributed by atoms with van der Waals surface area (Å²) in [6, 6.07) is 11.0. The number of thiazole rings is 1. The van der Waals surface area contributed by atoms with Crippen LogP contribution in [-0.4, -0.2) is 24.0 Å². The molecule has 5 rings (SSSR count). The van der Waals surface area contributed by atoms with E-state index in [1.807, 2.05) is 12.3 Å². The van der Waals surface area contributed by atoms with Gasteiger partial charge >= 0.3 is 5.97 Å². The number of aryl methyl sites for hydroxylation is 1. The Kier molecular flexibility index (Phi) is 4.94. The number of hydrogen-bond donors (Lipinski definition) is 0. The number of anilines is 1. The quantitative estimate of drug-likeness (QED) is 0.365. The third-order valence-corrected chi connectivity index (χ3v) is 6.74. The first-order valence-electron chi connectivity index (χ1n) is 9.59. The summed E-state index contributed by atoms with van der Waals surface area (Å²) in [6.07, 6.45) is 0. The smallest absolute Gasteiger partial charge is 0.337 e. The molecule has 2 aromatic heterocycles. The number of esters is 1. The van der Waals surface area contributed by atoms with Crippen LogP contribution in [0.25, 0.3) is 11.0 Å². The van der Waals surface area contributed by atoms with Gasteiger partial charge in [-0.1, -0.05) is 28.1 Å². The van der Waals surface area contributed by atoms with Crippen LogP contribution in [0.1, 0.15) is 43.8 Å². The highest BCUT2D eigenvalue weighted by Gasteiger charge is 2.44. The molecule has 1 aliphatic heterocycles. The summed E-state index contributed by atoms with van der Waals surface area (Å²) in [4.78, 5) is 44.8. The highest BCUT2D eigenvalue weighted by molar-refractivity contribution is 9.10. The Morgan fingerprint density at radius 3 is 2.59 bits per heavy atom. The third-order valence-electron chi connectivity index (χ3n) is 5.29. The minimum Gasteiger partial charge on any atom is -0.465 e. The monoisotopic (exact) mass is 510 g/mol. The van der Waals surface area contributed by atoms with Gasteiger partial charge in [0, 0.05) is 9.85 Å². The number of nitrogens with zero attached hydrogens (tertiary/aromatic N) is 2. The van der Waals surface area contributed by atoms with Gasteiger partial charge in [0.1, 0.15) is 5.58 Å². The molecular weight excluding hydrogens is 496 g/mol. The van der Waals surface area contributed by atoms with Crippen molar-refractivity contribution in [1.29, 1.82) is 0 Å². The number of methoxy groups -OCH3 is 1. The third kappa shape index (κ3) is 3.16. The van der Waals surface area contributed by atoms with Crippen molar-refractivity contribution in [3.05, 3.63) is 90.7 Å². The van der Waals surface area contributed by atoms with Crippen LogP contribution < -0.4 is 10.3 Å². The van der Waals surface area contributed by atoms with E-state index in [0.29, 0.717) is 27.2 Å². The second kappa shape index (κ2) is 7.68. The van der Waals surface area contributed by atoms with E-state index in [1.54, 1.807) is 42.5 Å². The van der Waals surface area contributed by atoms with Crippen LogP contribution in [0.2, 0.25) is 0 Å².